The van der Waals surface area contributed by atoms with Crippen molar-refractivity contribution >= 4 is 12.6 Å². The maximum atomic E-state index is 5.15. The summed E-state index contributed by atoms with van der Waals surface area (Å²) in [6.45, 7) is 2.02. The molecule has 1 N–H and O–H groups in total. The van der Waals surface area contributed by atoms with E-state index in [2.05, 4.69) is 28.9 Å². The SMILES string of the molecule is C[NH+](C)CCn1c([S-])nnc1C1CC1. The van der Waals surface area contributed by atoms with Gasteiger partial charge in [0.05, 0.1) is 27.2 Å². The van der Waals surface area contributed by atoms with Gasteiger partial charge in [0.2, 0.25) is 0 Å². The summed E-state index contributed by atoms with van der Waals surface area (Å²) in [6.07, 6.45) is 2.50. The van der Waals surface area contributed by atoms with Gasteiger partial charge in [-0.2, -0.15) is 5.10 Å². The smallest absolute Gasteiger partial charge is 0.134 e. The molecule has 0 aliphatic heterocycles. The molecule has 5 heteroatoms. The van der Waals surface area contributed by atoms with Crippen LogP contribution in [0.25, 0.3) is 0 Å². The summed E-state index contributed by atoms with van der Waals surface area (Å²) in [6, 6.07) is 0. The Hall–Kier alpha value is -0.680. The topological polar surface area (TPSA) is 35.2 Å². The molecule has 1 heterocycles. The molecule has 1 fully saturated rings. The Labute approximate surface area is 89.7 Å². The molecular weight excluding hydrogens is 196 g/mol. The molecule has 1 aromatic heterocycles. The summed E-state index contributed by atoms with van der Waals surface area (Å²) in [5, 5.41) is 8.78. The first-order chi connectivity index (χ1) is 6.68. The Morgan fingerprint density at radius 2 is 2.14 bits per heavy atom. The van der Waals surface area contributed by atoms with Crippen molar-refractivity contribution in [2.24, 2.45) is 0 Å². The van der Waals surface area contributed by atoms with Crippen molar-refractivity contribution in [3.8, 4) is 0 Å². The van der Waals surface area contributed by atoms with E-state index in [1.807, 2.05) is 0 Å². The molecule has 0 unspecified atom stereocenters. The van der Waals surface area contributed by atoms with Crippen LogP contribution in [-0.4, -0.2) is 35.4 Å². The van der Waals surface area contributed by atoms with Crippen LogP contribution >= 0.6 is 0 Å². The molecule has 0 amide bonds. The molecular formula is C9H16N4S. The Kier molecular flexibility index (Phi) is 2.69. The number of hydrogen-bond acceptors (Lipinski definition) is 3. The molecule has 0 saturated heterocycles. The monoisotopic (exact) mass is 212 g/mol. The fraction of sp³-hybridized carbons (Fsp3) is 0.778. The van der Waals surface area contributed by atoms with Gasteiger partial charge in [0, 0.05) is 11.1 Å². The maximum absolute atomic E-state index is 5.15. The van der Waals surface area contributed by atoms with E-state index in [0.29, 0.717) is 11.1 Å². The zero-order valence-corrected chi connectivity index (χ0v) is 9.47. The van der Waals surface area contributed by atoms with E-state index in [0.717, 1.165) is 18.9 Å². The molecule has 1 aromatic rings. The largest absolute Gasteiger partial charge is 0.740 e. The standard InChI is InChI=1S/C9H16N4S/c1-12(2)5-6-13-8(7-3-4-7)10-11-9(13)14/h7H,3-6H2,1-2H3,(H,11,14). The third-order valence-electron chi connectivity index (χ3n) is 2.52. The highest BCUT2D eigenvalue weighted by molar-refractivity contribution is 7.58. The molecule has 0 radical (unpaired) electrons. The van der Waals surface area contributed by atoms with Gasteiger partial charge in [-0.25, -0.2) is 0 Å². The van der Waals surface area contributed by atoms with E-state index in [9.17, 15) is 0 Å². The van der Waals surface area contributed by atoms with Gasteiger partial charge < -0.3 is 22.1 Å². The number of likely N-dealkylation sites (N-methyl/N-ethyl adjacent to an activating group) is 1. The number of rotatable bonds is 4. The lowest BCUT2D eigenvalue weighted by atomic mass is 10.4. The maximum Gasteiger partial charge on any atom is 0.134 e. The molecule has 1 aliphatic carbocycles. The lowest BCUT2D eigenvalue weighted by Gasteiger charge is -2.14. The molecule has 78 valence electrons. The van der Waals surface area contributed by atoms with Crippen LogP contribution in [0.15, 0.2) is 5.16 Å². The highest BCUT2D eigenvalue weighted by Crippen LogP contribution is 2.38. The van der Waals surface area contributed by atoms with E-state index >= 15 is 0 Å². The van der Waals surface area contributed by atoms with Crippen molar-refractivity contribution < 1.29 is 4.90 Å². The quantitative estimate of drug-likeness (QED) is 0.664. The molecule has 2 rings (SSSR count). The predicted molar refractivity (Wildman–Crippen MR) is 55.3 cm³/mol. The average molecular weight is 212 g/mol. The zero-order valence-electron chi connectivity index (χ0n) is 8.66. The molecule has 1 aliphatic rings. The minimum absolute atomic E-state index is 0.636. The summed E-state index contributed by atoms with van der Waals surface area (Å²) in [4.78, 5) is 1.43. The molecule has 4 nitrogen and oxygen atoms in total. The van der Waals surface area contributed by atoms with Gasteiger partial charge in [-0.15, -0.1) is 5.10 Å². The first-order valence-electron chi connectivity index (χ1n) is 5.07. The van der Waals surface area contributed by atoms with Gasteiger partial charge in [0.25, 0.3) is 0 Å². The minimum Gasteiger partial charge on any atom is -0.740 e. The van der Waals surface area contributed by atoms with Crippen molar-refractivity contribution in [2.45, 2.75) is 30.5 Å². The first kappa shape index (κ1) is 9.86. The second-order valence-corrected chi connectivity index (χ2v) is 4.59. The number of nitrogens with one attached hydrogen (secondary N) is 1. The first-order valence-corrected chi connectivity index (χ1v) is 5.48. The number of hydrogen-bond donors (Lipinski definition) is 1. The van der Waals surface area contributed by atoms with Crippen LogP contribution < -0.4 is 4.90 Å². The van der Waals surface area contributed by atoms with Crippen LogP contribution in [0.5, 0.6) is 0 Å². The Morgan fingerprint density at radius 3 is 2.71 bits per heavy atom. The molecule has 1 saturated carbocycles. The van der Waals surface area contributed by atoms with Gasteiger partial charge in [-0.05, 0) is 12.8 Å². The van der Waals surface area contributed by atoms with E-state index in [4.69, 9.17) is 12.6 Å². The summed E-state index contributed by atoms with van der Waals surface area (Å²) >= 11 is 5.15. The molecule has 0 bridgehead atoms. The lowest BCUT2D eigenvalue weighted by Crippen LogP contribution is -3.06. The van der Waals surface area contributed by atoms with Crippen LogP contribution in [-0.2, 0) is 19.2 Å². The zero-order chi connectivity index (χ0) is 10.1. The number of nitrogens with zero attached hydrogens (tertiary/aromatic N) is 3. The summed E-state index contributed by atoms with van der Waals surface area (Å²) < 4.78 is 2.10. The van der Waals surface area contributed by atoms with Crippen LogP contribution in [0.3, 0.4) is 0 Å². The fourth-order valence-electron chi connectivity index (χ4n) is 1.49. The van der Waals surface area contributed by atoms with Gasteiger partial charge in [-0.1, -0.05) is 0 Å². The van der Waals surface area contributed by atoms with Crippen LogP contribution in [0.2, 0.25) is 0 Å². The fourth-order valence-corrected chi connectivity index (χ4v) is 1.71. The highest BCUT2D eigenvalue weighted by Gasteiger charge is 2.28. The van der Waals surface area contributed by atoms with Crippen molar-refractivity contribution in [3.05, 3.63) is 5.82 Å². The second-order valence-electron chi connectivity index (χ2n) is 4.22. The number of aromatic nitrogens is 3. The van der Waals surface area contributed by atoms with Gasteiger partial charge in [-0.3, -0.25) is 0 Å². The van der Waals surface area contributed by atoms with E-state index in [-0.39, 0.29) is 0 Å². The van der Waals surface area contributed by atoms with Crippen molar-refractivity contribution in [1.29, 1.82) is 0 Å². The average Bonchev–Trinajstić information content (AvgIpc) is 2.88. The summed E-state index contributed by atoms with van der Waals surface area (Å²) in [7, 11) is 4.29. The second kappa shape index (κ2) is 3.82. The van der Waals surface area contributed by atoms with E-state index in [1.165, 1.54) is 17.7 Å². The van der Waals surface area contributed by atoms with Gasteiger partial charge in [0.15, 0.2) is 0 Å². The van der Waals surface area contributed by atoms with Gasteiger partial charge in [0.1, 0.15) is 5.82 Å². The van der Waals surface area contributed by atoms with Crippen LogP contribution in [0.1, 0.15) is 24.6 Å². The molecule has 14 heavy (non-hydrogen) atoms. The predicted octanol–water partition coefficient (Wildman–Crippen LogP) is -0.794. The van der Waals surface area contributed by atoms with Crippen molar-refractivity contribution in [1.82, 2.24) is 14.8 Å². The van der Waals surface area contributed by atoms with Gasteiger partial charge >= 0.3 is 0 Å². The lowest BCUT2D eigenvalue weighted by molar-refractivity contribution is -0.859. The van der Waals surface area contributed by atoms with E-state index < -0.39 is 0 Å². The molecule has 0 aromatic carbocycles. The molecule has 0 atom stereocenters. The normalized spacial score (nSPS) is 16.5. The minimum atomic E-state index is 0.636. The Bertz CT molecular complexity index is 317. The Morgan fingerprint density at radius 1 is 1.43 bits per heavy atom. The van der Waals surface area contributed by atoms with Crippen molar-refractivity contribution in [3.63, 3.8) is 0 Å². The van der Waals surface area contributed by atoms with Crippen LogP contribution in [0.4, 0.5) is 0 Å². The summed E-state index contributed by atoms with van der Waals surface area (Å²) in [5.41, 5.74) is 0. The Balaban J connectivity index is 2.09. The third kappa shape index (κ3) is 2.04. The summed E-state index contributed by atoms with van der Waals surface area (Å²) in [5.74, 6) is 1.74. The highest BCUT2D eigenvalue weighted by atomic mass is 32.1. The van der Waals surface area contributed by atoms with Crippen molar-refractivity contribution in [2.75, 3.05) is 20.6 Å². The van der Waals surface area contributed by atoms with Crippen LogP contribution in [0, 0.1) is 0 Å². The van der Waals surface area contributed by atoms with E-state index in [1.54, 1.807) is 0 Å². The number of quaternary nitrogens is 1. The third-order valence-corrected chi connectivity index (χ3v) is 2.83. The molecule has 0 spiro atoms.